The number of terminal acetylenes is 1. The maximum absolute atomic E-state index is 13.1. The Labute approximate surface area is 94.8 Å². The molecular weight excluding hydrogens is 205 g/mol. The Hall–Kier alpha value is -1.53. The van der Waals surface area contributed by atoms with E-state index in [0.29, 0.717) is 18.9 Å². The molecule has 0 saturated heterocycles. The molecule has 16 heavy (non-hydrogen) atoms. The molecule has 1 heterocycles. The lowest BCUT2D eigenvalue weighted by molar-refractivity contribution is 0.314. The summed E-state index contributed by atoms with van der Waals surface area (Å²) in [5.74, 6) is 2.92. The van der Waals surface area contributed by atoms with Crippen LogP contribution >= 0.6 is 0 Å². The van der Waals surface area contributed by atoms with Gasteiger partial charge in [-0.2, -0.15) is 0 Å². The lowest BCUT2D eigenvalue weighted by Gasteiger charge is -2.16. The molecule has 1 aromatic rings. The topological polar surface area (TPSA) is 21.3 Å². The summed E-state index contributed by atoms with van der Waals surface area (Å²) in [7, 11) is 0. The van der Waals surface area contributed by atoms with Gasteiger partial charge in [0.1, 0.15) is 11.6 Å². The first-order chi connectivity index (χ1) is 7.81. The van der Waals surface area contributed by atoms with Crippen molar-refractivity contribution in [3.63, 3.8) is 0 Å². The van der Waals surface area contributed by atoms with E-state index in [1.807, 2.05) is 0 Å². The minimum atomic E-state index is -0.267. The van der Waals surface area contributed by atoms with Gasteiger partial charge in [-0.3, -0.25) is 5.32 Å². The van der Waals surface area contributed by atoms with Crippen molar-refractivity contribution in [1.82, 2.24) is 5.32 Å². The first kappa shape index (κ1) is 11.0. The standard InChI is InChI=1S/C13H14FNO/c1-2-7-15-12-4-3-8-16-13-9-10(14)5-6-11(12)13/h1,5-6,9,12,15H,3-4,7-8H2. The van der Waals surface area contributed by atoms with Gasteiger partial charge in [-0.25, -0.2) is 4.39 Å². The fourth-order valence-electron chi connectivity index (χ4n) is 1.94. The number of halogens is 1. The minimum absolute atomic E-state index is 0.161. The largest absolute Gasteiger partial charge is 0.493 e. The van der Waals surface area contributed by atoms with E-state index in [0.717, 1.165) is 18.4 Å². The first-order valence-electron chi connectivity index (χ1n) is 5.40. The average Bonchev–Trinajstić information content (AvgIpc) is 2.48. The van der Waals surface area contributed by atoms with Crippen LogP contribution < -0.4 is 10.1 Å². The number of hydrogen-bond acceptors (Lipinski definition) is 2. The molecule has 1 aromatic carbocycles. The van der Waals surface area contributed by atoms with Crippen molar-refractivity contribution in [2.45, 2.75) is 18.9 Å². The molecule has 0 aliphatic carbocycles. The molecule has 0 radical (unpaired) electrons. The van der Waals surface area contributed by atoms with Gasteiger partial charge in [0.25, 0.3) is 0 Å². The van der Waals surface area contributed by atoms with Crippen molar-refractivity contribution < 1.29 is 9.13 Å². The highest BCUT2D eigenvalue weighted by Gasteiger charge is 2.19. The molecular formula is C13H14FNO. The Bertz CT molecular complexity index is 411. The third-order valence-corrected chi connectivity index (χ3v) is 2.70. The zero-order valence-corrected chi connectivity index (χ0v) is 9.00. The normalized spacial score (nSPS) is 19.1. The monoisotopic (exact) mass is 219 g/mol. The molecule has 1 aliphatic rings. The Balaban J connectivity index is 2.26. The van der Waals surface area contributed by atoms with Crippen LogP contribution in [0.5, 0.6) is 5.75 Å². The fraction of sp³-hybridized carbons (Fsp3) is 0.385. The summed E-state index contributed by atoms with van der Waals surface area (Å²) >= 11 is 0. The van der Waals surface area contributed by atoms with Gasteiger partial charge in [0, 0.05) is 17.7 Å². The maximum atomic E-state index is 13.1. The van der Waals surface area contributed by atoms with Gasteiger partial charge in [0.2, 0.25) is 0 Å². The molecule has 1 aliphatic heterocycles. The third-order valence-electron chi connectivity index (χ3n) is 2.70. The van der Waals surface area contributed by atoms with Crippen molar-refractivity contribution in [3.8, 4) is 18.1 Å². The highest BCUT2D eigenvalue weighted by molar-refractivity contribution is 5.37. The SMILES string of the molecule is C#CCNC1CCCOc2cc(F)ccc21. The van der Waals surface area contributed by atoms with Crippen LogP contribution in [-0.2, 0) is 0 Å². The zero-order chi connectivity index (χ0) is 11.4. The molecule has 1 unspecified atom stereocenters. The Morgan fingerprint density at radius 2 is 2.44 bits per heavy atom. The third kappa shape index (κ3) is 2.34. The van der Waals surface area contributed by atoms with E-state index in [2.05, 4.69) is 11.2 Å². The summed E-state index contributed by atoms with van der Waals surface area (Å²) in [6.07, 6.45) is 7.13. The van der Waals surface area contributed by atoms with Crippen molar-refractivity contribution in [3.05, 3.63) is 29.6 Å². The molecule has 1 atom stereocenters. The number of ether oxygens (including phenoxy) is 1. The van der Waals surface area contributed by atoms with Gasteiger partial charge in [0.15, 0.2) is 0 Å². The number of hydrogen-bond donors (Lipinski definition) is 1. The summed E-state index contributed by atoms with van der Waals surface area (Å²) in [5, 5.41) is 3.25. The van der Waals surface area contributed by atoms with Crippen LogP contribution in [0.15, 0.2) is 18.2 Å². The molecule has 3 heteroatoms. The molecule has 0 aromatic heterocycles. The molecule has 0 bridgehead atoms. The second-order valence-corrected chi connectivity index (χ2v) is 3.81. The number of rotatable bonds is 2. The van der Waals surface area contributed by atoms with Gasteiger partial charge in [0.05, 0.1) is 13.2 Å². The first-order valence-corrected chi connectivity index (χ1v) is 5.40. The number of benzene rings is 1. The van der Waals surface area contributed by atoms with E-state index in [4.69, 9.17) is 11.2 Å². The van der Waals surface area contributed by atoms with Crippen LogP contribution in [0.2, 0.25) is 0 Å². The molecule has 2 nitrogen and oxygen atoms in total. The lowest BCUT2D eigenvalue weighted by Crippen LogP contribution is -2.21. The van der Waals surface area contributed by atoms with Crippen LogP contribution in [0.1, 0.15) is 24.4 Å². The summed E-state index contributed by atoms with van der Waals surface area (Å²) in [5.41, 5.74) is 0.995. The summed E-state index contributed by atoms with van der Waals surface area (Å²) in [6.45, 7) is 1.15. The molecule has 0 fully saturated rings. The average molecular weight is 219 g/mol. The van der Waals surface area contributed by atoms with Crippen LogP contribution in [0.25, 0.3) is 0 Å². The summed E-state index contributed by atoms with van der Waals surface area (Å²) in [6, 6.07) is 4.82. The quantitative estimate of drug-likeness (QED) is 0.770. The van der Waals surface area contributed by atoms with Crippen molar-refractivity contribution in [1.29, 1.82) is 0 Å². The van der Waals surface area contributed by atoms with Gasteiger partial charge >= 0.3 is 0 Å². The van der Waals surface area contributed by atoms with Gasteiger partial charge < -0.3 is 4.74 Å². The van der Waals surface area contributed by atoms with Crippen molar-refractivity contribution in [2.75, 3.05) is 13.2 Å². The number of nitrogens with one attached hydrogen (secondary N) is 1. The highest BCUT2D eigenvalue weighted by atomic mass is 19.1. The van der Waals surface area contributed by atoms with Crippen LogP contribution in [0.3, 0.4) is 0 Å². The Morgan fingerprint density at radius 3 is 3.25 bits per heavy atom. The van der Waals surface area contributed by atoms with E-state index < -0.39 is 0 Å². The number of fused-ring (bicyclic) bond motifs is 1. The zero-order valence-electron chi connectivity index (χ0n) is 9.00. The van der Waals surface area contributed by atoms with Crippen LogP contribution in [0.4, 0.5) is 4.39 Å². The predicted octanol–water partition coefficient (Wildman–Crippen LogP) is 2.26. The van der Waals surface area contributed by atoms with E-state index in [-0.39, 0.29) is 11.9 Å². The van der Waals surface area contributed by atoms with E-state index in [1.54, 1.807) is 6.07 Å². The van der Waals surface area contributed by atoms with Gasteiger partial charge in [-0.1, -0.05) is 12.0 Å². The van der Waals surface area contributed by atoms with Crippen LogP contribution in [0, 0.1) is 18.2 Å². The molecule has 2 rings (SSSR count). The van der Waals surface area contributed by atoms with Gasteiger partial charge in [-0.05, 0) is 18.9 Å². The molecule has 0 saturated carbocycles. The summed E-state index contributed by atoms with van der Waals surface area (Å²) < 4.78 is 18.6. The van der Waals surface area contributed by atoms with E-state index in [9.17, 15) is 4.39 Å². The summed E-state index contributed by atoms with van der Waals surface area (Å²) in [4.78, 5) is 0. The Morgan fingerprint density at radius 1 is 1.56 bits per heavy atom. The minimum Gasteiger partial charge on any atom is -0.493 e. The lowest BCUT2D eigenvalue weighted by atomic mass is 10.0. The molecule has 0 amide bonds. The Kier molecular flexibility index (Phi) is 3.43. The molecule has 1 N–H and O–H groups in total. The smallest absolute Gasteiger partial charge is 0.126 e. The predicted molar refractivity (Wildman–Crippen MR) is 60.7 cm³/mol. The van der Waals surface area contributed by atoms with Gasteiger partial charge in [-0.15, -0.1) is 6.42 Å². The van der Waals surface area contributed by atoms with Crippen LogP contribution in [-0.4, -0.2) is 13.2 Å². The fourth-order valence-corrected chi connectivity index (χ4v) is 1.94. The maximum Gasteiger partial charge on any atom is 0.126 e. The second-order valence-electron chi connectivity index (χ2n) is 3.81. The molecule has 0 spiro atoms. The van der Waals surface area contributed by atoms with Crippen molar-refractivity contribution >= 4 is 0 Å². The second kappa shape index (κ2) is 5.00. The highest BCUT2D eigenvalue weighted by Crippen LogP contribution is 2.31. The van der Waals surface area contributed by atoms with E-state index in [1.165, 1.54) is 12.1 Å². The van der Waals surface area contributed by atoms with Crippen molar-refractivity contribution in [2.24, 2.45) is 0 Å². The molecule has 84 valence electrons. The van der Waals surface area contributed by atoms with E-state index >= 15 is 0 Å².